The van der Waals surface area contributed by atoms with Crippen LogP contribution in [0, 0.1) is 0 Å². The fourth-order valence-corrected chi connectivity index (χ4v) is 2.39. The fourth-order valence-electron chi connectivity index (χ4n) is 2.00. The Balaban J connectivity index is 2.19. The van der Waals surface area contributed by atoms with E-state index >= 15 is 0 Å². The summed E-state index contributed by atoms with van der Waals surface area (Å²) in [5.41, 5.74) is 0. The van der Waals surface area contributed by atoms with Crippen LogP contribution in [0.5, 0.6) is 0 Å². The molecule has 9 heteroatoms. The maximum atomic E-state index is 11.6. The summed E-state index contributed by atoms with van der Waals surface area (Å²) in [6.07, 6.45) is 1.57. The van der Waals surface area contributed by atoms with Gasteiger partial charge in [0.05, 0.1) is 12.1 Å². The number of hydrogen-bond acceptors (Lipinski definition) is 5. The van der Waals surface area contributed by atoms with Crippen LogP contribution in [0.25, 0.3) is 0 Å². The summed E-state index contributed by atoms with van der Waals surface area (Å²) in [6, 6.07) is -1.69. The van der Waals surface area contributed by atoms with E-state index in [2.05, 4.69) is 4.28 Å². The van der Waals surface area contributed by atoms with Crippen molar-refractivity contribution in [3.63, 3.8) is 0 Å². The first kappa shape index (κ1) is 11.3. The highest BCUT2D eigenvalue weighted by molar-refractivity contribution is 7.80. The molecule has 0 unspecified atom stereocenters. The lowest BCUT2D eigenvalue weighted by Gasteiger charge is -2.25. The van der Waals surface area contributed by atoms with Crippen LogP contribution in [-0.4, -0.2) is 53.9 Å². The van der Waals surface area contributed by atoms with Crippen molar-refractivity contribution in [1.82, 2.24) is 9.96 Å². The summed E-state index contributed by atoms with van der Waals surface area (Å²) in [4.78, 5) is 23.5. The molecule has 90 valence electrons. The molecule has 2 bridgehead atoms. The van der Waals surface area contributed by atoms with Crippen molar-refractivity contribution >= 4 is 22.7 Å². The van der Waals surface area contributed by atoms with E-state index in [0.29, 0.717) is 24.2 Å². The molecule has 0 aromatic rings. The van der Waals surface area contributed by atoms with Crippen LogP contribution in [0.15, 0.2) is 0 Å². The maximum Gasteiger partial charge on any atom is 0.418 e. The lowest BCUT2D eigenvalue weighted by atomic mass is 10.0. The first-order chi connectivity index (χ1) is 7.42. The molecule has 2 aliphatic rings. The van der Waals surface area contributed by atoms with E-state index in [0.717, 1.165) is 0 Å². The third-order valence-electron chi connectivity index (χ3n) is 2.70. The molecule has 16 heavy (non-hydrogen) atoms. The number of hydroxylamine groups is 2. The predicted octanol–water partition coefficient (Wildman–Crippen LogP) is -0.812. The predicted molar refractivity (Wildman–Crippen MR) is 49.4 cm³/mol. The number of carbonyl (C=O) groups excluding carboxylic acids is 2. The van der Waals surface area contributed by atoms with Gasteiger partial charge in [0.2, 0.25) is 0 Å². The van der Waals surface area contributed by atoms with Crippen LogP contribution in [0.4, 0.5) is 4.79 Å². The van der Waals surface area contributed by atoms with Crippen molar-refractivity contribution in [2.45, 2.75) is 24.9 Å². The molecule has 0 radical (unpaired) electrons. The molecule has 2 saturated heterocycles. The minimum absolute atomic E-state index is 0.234. The topological polar surface area (TPSA) is 104 Å². The molecule has 0 aliphatic carbocycles. The largest absolute Gasteiger partial charge is 0.418 e. The molecule has 2 atom stereocenters. The van der Waals surface area contributed by atoms with E-state index < -0.39 is 28.5 Å². The maximum absolute atomic E-state index is 11.6. The average molecular weight is 250 g/mol. The summed E-state index contributed by atoms with van der Waals surface area (Å²) in [6.45, 7) is 0.234. The van der Waals surface area contributed by atoms with Gasteiger partial charge in [0.25, 0.3) is 0 Å². The van der Waals surface area contributed by atoms with Crippen LogP contribution in [0.1, 0.15) is 12.8 Å². The zero-order valence-corrected chi connectivity index (χ0v) is 8.96. The molecule has 2 amide bonds. The third-order valence-corrected chi connectivity index (χ3v) is 3.05. The number of fused-ring (bicyclic) bond motifs is 2. The highest BCUT2D eigenvalue weighted by Gasteiger charge is 2.47. The Hall–Kier alpha value is -1.19. The molecule has 2 fully saturated rings. The van der Waals surface area contributed by atoms with E-state index in [4.69, 9.17) is 4.55 Å². The molecule has 8 nitrogen and oxygen atoms in total. The Morgan fingerprint density at radius 2 is 2.12 bits per heavy atom. The molecule has 0 spiro atoms. The van der Waals surface area contributed by atoms with Gasteiger partial charge in [0.15, 0.2) is 0 Å². The van der Waals surface area contributed by atoms with Crippen LogP contribution < -0.4 is 0 Å². The summed E-state index contributed by atoms with van der Waals surface area (Å²) in [5, 5.41) is 0.610. The molecule has 1 N–H and O–H groups in total. The highest BCUT2D eigenvalue weighted by Crippen LogP contribution is 2.29. The zero-order chi connectivity index (χ0) is 11.9. The number of nitrogens with zero attached hydrogens (tertiary/aromatic N) is 2. The Kier molecular flexibility index (Phi) is 2.60. The second-order valence-electron chi connectivity index (χ2n) is 3.70. The van der Waals surface area contributed by atoms with Gasteiger partial charge in [-0.15, -0.1) is 4.28 Å². The van der Waals surface area contributed by atoms with Gasteiger partial charge in [-0.05, 0) is 12.8 Å². The van der Waals surface area contributed by atoms with Crippen molar-refractivity contribution in [1.29, 1.82) is 0 Å². The standard InChI is InChI=1S/C7H10N2O6S/c10-4-6-2-1-5-3-8(6)7(11)9(5)15-16(12,13)14/h4-6H,1-3H2,(H,12,13,14)/t5-,6+/m1/s1. The number of rotatable bonds is 3. The van der Waals surface area contributed by atoms with Crippen molar-refractivity contribution in [3.8, 4) is 0 Å². The minimum Gasteiger partial charge on any atom is -0.311 e. The van der Waals surface area contributed by atoms with E-state index in [9.17, 15) is 18.0 Å². The summed E-state index contributed by atoms with van der Waals surface area (Å²) in [5.74, 6) is 0. The Morgan fingerprint density at radius 1 is 1.44 bits per heavy atom. The smallest absolute Gasteiger partial charge is 0.311 e. The highest BCUT2D eigenvalue weighted by atomic mass is 32.3. The van der Waals surface area contributed by atoms with Gasteiger partial charge in [0.1, 0.15) is 6.29 Å². The molecular formula is C7H10N2O6S. The van der Waals surface area contributed by atoms with Crippen molar-refractivity contribution in [2.75, 3.05) is 6.54 Å². The van der Waals surface area contributed by atoms with Gasteiger partial charge >= 0.3 is 16.4 Å². The summed E-state index contributed by atoms with van der Waals surface area (Å²) < 4.78 is 33.7. The summed E-state index contributed by atoms with van der Waals surface area (Å²) >= 11 is 0. The number of carbonyl (C=O) groups is 2. The normalized spacial score (nSPS) is 29.7. The Labute approximate surface area is 91.7 Å². The van der Waals surface area contributed by atoms with Crippen LogP contribution in [0.2, 0.25) is 0 Å². The number of aldehydes is 1. The number of piperidine rings is 1. The van der Waals surface area contributed by atoms with Crippen molar-refractivity contribution in [2.24, 2.45) is 0 Å². The van der Waals surface area contributed by atoms with E-state index in [1.165, 1.54) is 4.90 Å². The molecular weight excluding hydrogens is 240 g/mol. The first-order valence-corrected chi connectivity index (χ1v) is 6.01. The third kappa shape index (κ3) is 1.88. The molecule has 0 aromatic heterocycles. The average Bonchev–Trinajstić information content (AvgIpc) is 2.43. The fraction of sp³-hybridized carbons (Fsp3) is 0.714. The van der Waals surface area contributed by atoms with Crippen LogP contribution >= 0.6 is 0 Å². The first-order valence-electron chi connectivity index (χ1n) is 4.64. The molecule has 2 rings (SSSR count). The van der Waals surface area contributed by atoms with E-state index in [1.807, 2.05) is 0 Å². The van der Waals surface area contributed by atoms with Crippen molar-refractivity contribution < 1.29 is 26.8 Å². The van der Waals surface area contributed by atoms with Crippen molar-refractivity contribution in [3.05, 3.63) is 0 Å². The zero-order valence-electron chi connectivity index (χ0n) is 8.14. The van der Waals surface area contributed by atoms with Crippen LogP contribution in [0.3, 0.4) is 0 Å². The molecule has 0 aromatic carbocycles. The van der Waals surface area contributed by atoms with Gasteiger partial charge < -0.3 is 9.69 Å². The van der Waals surface area contributed by atoms with E-state index in [-0.39, 0.29) is 6.54 Å². The number of urea groups is 1. The second-order valence-corrected chi connectivity index (χ2v) is 4.70. The number of amides is 2. The van der Waals surface area contributed by atoms with Gasteiger partial charge in [-0.3, -0.25) is 4.55 Å². The molecule has 2 aliphatic heterocycles. The van der Waals surface area contributed by atoms with E-state index in [1.54, 1.807) is 0 Å². The lowest BCUT2D eigenvalue weighted by Crippen LogP contribution is -2.40. The summed E-state index contributed by atoms with van der Waals surface area (Å²) in [7, 11) is -4.71. The minimum atomic E-state index is -4.71. The molecule has 0 saturated carbocycles. The van der Waals surface area contributed by atoms with Gasteiger partial charge in [-0.1, -0.05) is 0 Å². The van der Waals surface area contributed by atoms with Gasteiger partial charge in [-0.2, -0.15) is 13.5 Å². The van der Waals surface area contributed by atoms with Gasteiger partial charge in [-0.25, -0.2) is 4.79 Å². The second kappa shape index (κ2) is 3.68. The quantitative estimate of drug-likeness (QED) is 0.518. The van der Waals surface area contributed by atoms with Gasteiger partial charge in [0, 0.05) is 6.54 Å². The Bertz CT molecular complexity index is 421. The monoisotopic (exact) mass is 250 g/mol. The lowest BCUT2D eigenvalue weighted by molar-refractivity contribution is -0.112. The van der Waals surface area contributed by atoms with Crippen LogP contribution in [-0.2, 0) is 19.5 Å². The Morgan fingerprint density at radius 3 is 2.69 bits per heavy atom. The molecule has 2 heterocycles. The number of hydrogen-bond donors (Lipinski definition) is 1. The SMILES string of the molecule is O=C[C@@H]1CC[C@@H]2CN1C(=O)N2OS(=O)(=O)O.